The summed E-state index contributed by atoms with van der Waals surface area (Å²) in [7, 11) is 0. The zero-order valence-electron chi connectivity index (χ0n) is 11.5. The Kier molecular flexibility index (Phi) is 7.63. The van der Waals surface area contributed by atoms with E-state index in [9.17, 15) is 9.59 Å². The lowest BCUT2D eigenvalue weighted by atomic mass is 9.84. The quantitative estimate of drug-likeness (QED) is 0.453. The maximum Gasteiger partial charge on any atom is 0.155 e. The fraction of sp³-hybridized carbons (Fsp3) is 0.750. The minimum Gasteiger partial charge on any atom is -0.299 e. The Labute approximate surface area is 111 Å². The van der Waals surface area contributed by atoms with Crippen LogP contribution in [0.2, 0.25) is 0 Å². The monoisotopic (exact) mass is 250 g/mol. The first-order valence-corrected chi connectivity index (χ1v) is 7.42. The van der Waals surface area contributed by atoms with Crippen LogP contribution >= 0.6 is 0 Å². The van der Waals surface area contributed by atoms with Crippen LogP contribution in [0.3, 0.4) is 0 Å². The molecule has 0 aliphatic heterocycles. The number of hydrogen-bond donors (Lipinski definition) is 0. The molecular formula is C16H26O2. The summed E-state index contributed by atoms with van der Waals surface area (Å²) in [5.74, 6) is 0.978. The highest BCUT2D eigenvalue weighted by Gasteiger charge is 2.19. The normalized spacial score (nSPS) is 16.4. The van der Waals surface area contributed by atoms with Crippen LogP contribution in [0.1, 0.15) is 70.6 Å². The molecule has 1 aliphatic rings. The molecule has 0 aromatic rings. The van der Waals surface area contributed by atoms with Gasteiger partial charge in [-0.05, 0) is 31.8 Å². The number of hydrogen-bond acceptors (Lipinski definition) is 2. The molecule has 1 rings (SSSR count). The van der Waals surface area contributed by atoms with E-state index in [1.54, 1.807) is 0 Å². The van der Waals surface area contributed by atoms with Crippen LogP contribution in [-0.4, -0.2) is 11.6 Å². The molecule has 1 fully saturated rings. The van der Waals surface area contributed by atoms with Gasteiger partial charge in [-0.1, -0.05) is 38.7 Å². The topological polar surface area (TPSA) is 34.1 Å². The van der Waals surface area contributed by atoms with E-state index in [-0.39, 0.29) is 5.78 Å². The Morgan fingerprint density at radius 3 is 2.17 bits per heavy atom. The van der Waals surface area contributed by atoms with Gasteiger partial charge in [0.2, 0.25) is 0 Å². The summed E-state index contributed by atoms with van der Waals surface area (Å²) in [6.45, 7) is 3.46. The number of rotatable bonds is 9. The molecule has 1 aliphatic carbocycles. The second-order valence-electron chi connectivity index (χ2n) is 5.39. The van der Waals surface area contributed by atoms with E-state index in [4.69, 9.17) is 0 Å². The van der Waals surface area contributed by atoms with Crippen molar-refractivity contribution in [3.8, 4) is 0 Å². The highest BCUT2D eigenvalue weighted by Crippen LogP contribution is 2.25. The summed E-state index contributed by atoms with van der Waals surface area (Å²) in [6, 6.07) is 0. The van der Waals surface area contributed by atoms with Crippen molar-refractivity contribution in [3.63, 3.8) is 0 Å². The molecule has 0 N–H and O–H groups in total. The van der Waals surface area contributed by atoms with E-state index in [1.165, 1.54) is 25.3 Å². The Hall–Kier alpha value is -0.920. The molecular weight excluding hydrogens is 224 g/mol. The lowest BCUT2D eigenvalue weighted by Crippen LogP contribution is -2.17. The molecule has 0 radical (unpaired) electrons. The van der Waals surface area contributed by atoms with Crippen molar-refractivity contribution in [1.29, 1.82) is 0 Å². The van der Waals surface area contributed by atoms with E-state index in [0.717, 1.165) is 44.9 Å². The molecule has 102 valence electrons. The van der Waals surface area contributed by atoms with Crippen molar-refractivity contribution in [1.82, 2.24) is 0 Å². The van der Waals surface area contributed by atoms with E-state index in [1.807, 2.05) is 0 Å². The van der Waals surface area contributed by atoms with Gasteiger partial charge in [0.05, 0.1) is 0 Å². The second kappa shape index (κ2) is 9.07. The number of carbonyl (C=O) groups excluding carboxylic acids is 2. The number of Topliss-reactive ketones (excluding diaryl/α,β-unsaturated/α-hetero) is 1. The summed E-state index contributed by atoms with van der Waals surface area (Å²) >= 11 is 0. The standard InChI is InChI=1S/C16H26O2/c1-2-15(17)12-8-3-4-9-13-16(18)14-10-6-5-7-11-14/h2,14H,1,3-13H2. The van der Waals surface area contributed by atoms with Crippen molar-refractivity contribution in [2.24, 2.45) is 5.92 Å². The SMILES string of the molecule is C=CC(=O)CCCCCCC(=O)C1CCCCC1. The van der Waals surface area contributed by atoms with Crippen LogP contribution in [0.25, 0.3) is 0 Å². The predicted molar refractivity (Wildman–Crippen MR) is 74.5 cm³/mol. The van der Waals surface area contributed by atoms with Crippen molar-refractivity contribution >= 4 is 11.6 Å². The van der Waals surface area contributed by atoms with Crippen molar-refractivity contribution in [2.75, 3.05) is 0 Å². The van der Waals surface area contributed by atoms with Gasteiger partial charge in [-0.15, -0.1) is 0 Å². The number of carbonyl (C=O) groups is 2. The third kappa shape index (κ3) is 6.13. The molecule has 0 unspecified atom stereocenters. The van der Waals surface area contributed by atoms with Crippen LogP contribution < -0.4 is 0 Å². The van der Waals surface area contributed by atoms with Crippen molar-refractivity contribution < 1.29 is 9.59 Å². The van der Waals surface area contributed by atoms with Gasteiger partial charge in [-0.2, -0.15) is 0 Å². The number of allylic oxidation sites excluding steroid dienone is 1. The lowest BCUT2D eigenvalue weighted by Gasteiger charge is -2.20. The average Bonchev–Trinajstić information content (AvgIpc) is 2.43. The van der Waals surface area contributed by atoms with Gasteiger partial charge in [0.25, 0.3) is 0 Å². The van der Waals surface area contributed by atoms with Crippen molar-refractivity contribution in [3.05, 3.63) is 12.7 Å². The van der Waals surface area contributed by atoms with E-state index in [0.29, 0.717) is 18.1 Å². The molecule has 0 spiro atoms. The smallest absolute Gasteiger partial charge is 0.155 e. The fourth-order valence-electron chi connectivity index (χ4n) is 2.68. The van der Waals surface area contributed by atoms with Gasteiger partial charge in [0, 0.05) is 18.8 Å². The predicted octanol–water partition coefficient (Wildman–Crippen LogP) is 4.23. The zero-order valence-corrected chi connectivity index (χ0v) is 11.5. The first-order valence-electron chi connectivity index (χ1n) is 7.42. The summed E-state index contributed by atoms with van der Waals surface area (Å²) < 4.78 is 0. The van der Waals surface area contributed by atoms with Gasteiger partial charge in [-0.3, -0.25) is 9.59 Å². The lowest BCUT2D eigenvalue weighted by molar-refractivity contribution is -0.124. The molecule has 1 saturated carbocycles. The highest BCUT2D eigenvalue weighted by atomic mass is 16.1. The van der Waals surface area contributed by atoms with Crippen molar-refractivity contribution in [2.45, 2.75) is 70.6 Å². The van der Waals surface area contributed by atoms with E-state index in [2.05, 4.69) is 6.58 Å². The van der Waals surface area contributed by atoms with Gasteiger partial charge in [-0.25, -0.2) is 0 Å². The van der Waals surface area contributed by atoms with Crippen LogP contribution in [0.5, 0.6) is 0 Å². The summed E-state index contributed by atoms with van der Waals surface area (Å²) in [4.78, 5) is 22.9. The Morgan fingerprint density at radius 1 is 0.944 bits per heavy atom. The largest absolute Gasteiger partial charge is 0.299 e. The van der Waals surface area contributed by atoms with Gasteiger partial charge < -0.3 is 0 Å². The Morgan fingerprint density at radius 2 is 1.56 bits per heavy atom. The molecule has 0 heterocycles. The molecule has 0 amide bonds. The van der Waals surface area contributed by atoms with Gasteiger partial charge >= 0.3 is 0 Å². The third-order valence-electron chi connectivity index (χ3n) is 3.88. The molecule has 0 saturated heterocycles. The average molecular weight is 250 g/mol. The minimum atomic E-state index is 0.133. The Bertz CT molecular complexity index is 275. The van der Waals surface area contributed by atoms with Crippen LogP contribution in [0.4, 0.5) is 0 Å². The number of ketones is 2. The van der Waals surface area contributed by atoms with E-state index < -0.39 is 0 Å². The summed E-state index contributed by atoms with van der Waals surface area (Å²) in [5, 5.41) is 0. The molecule has 0 aromatic carbocycles. The third-order valence-corrected chi connectivity index (χ3v) is 3.88. The maximum atomic E-state index is 11.9. The van der Waals surface area contributed by atoms with Gasteiger partial charge in [0.1, 0.15) is 5.78 Å². The van der Waals surface area contributed by atoms with Crippen LogP contribution in [0.15, 0.2) is 12.7 Å². The first-order chi connectivity index (χ1) is 8.74. The summed E-state index contributed by atoms with van der Waals surface area (Å²) in [5.41, 5.74) is 0. The van der Waals surface area contributed by atoms with Crippen LogP contribution in [0, 0.1) is 5.92 Å². The van der Waals surface area contributed by atoms with Crippen LogP contribution in [-0.2, 0) is 9.59 Å². The molecule has 0 bridgehead atoms. The molecule has 0 atom stereocenters. The fourth-order valence-corrected chi connectivity index (χ4v) is 2.68. The zero-order chi connectivity index (χ0) is 13.2. The Balaban J connectivity index is 1.98. The number of unbranched alkanes of at least 4 members (excludes halogenated alkanes) is 3. The van der Waals surface area contributed by atoms with Gasteiger partial charge in [0.15, 0.2) is 5.78 Å². The highest BCUT2D eigenvalue weighted by molar-refractivity contribution is 5.88. The molecule has 18 heavy (non-hydrogen) atoms. The molecule has 2 heteroatoms. The molecule has 0 aromatic heterocycles. The summed E-state index contributed by atoms with van der Waals surface area (Å²) in [6.07, 6.45) is 12.8. The molecule has 2 nitrogen and oxygen atoms in total. The maximum absolute atomic E-state index is 11.9. The minimum absolute atomic E-state index is 0.133. The van der Waals surface area contributed by atoms with E-state index >= 15 is 0 Å². The first kappa shape index (κ1) is 15.1. The second-order valence-corrected chi connectivity index (χ2v) is 5.39.